The third-order valence-electron chi connectivity index (χ3n) is 2.75. The normalized spacial score (nSPS) is 16.8. The van der Waals surface area contributed by atoms with Gasteiger partial charge in [-0.1, -0.05) is 15.9 Å². The monoisotopic (exact) mass is 340 g/mol. The molecule has 20 heavy (non-hydrogen) atoms. The summed E-state index contributed by atoms with van der Waals surface area (Å²) < 4.78 is 5.99. The average Bonchev–Trinajstić information content (AvgIpc) is 2.63. The quantitative estimate of drug-likeness (QED) is 0.652. The van der Waals surface area contributed by atoms with Crippen LogP contribution in [-0.2, 0) is 4.79 Å². The number of phenolic OH excluding ortho intramolecular Hbond substituents is 1. The number of urea groups is 1. The van der Waals surface area contributed by atoms with Gasteiger partial charge in [0, 0.05) is 17.1 Å². The number of likely N-dealkylation sites (N-methyl/N-ethyl adjacent to an activating group) is 1. The summed E-state index contributed by atoms with van der Waals surface area (Å²) in [6, 6.07) is 2.76. The molecule has 0 aliphatic carbocycles. The lowest BCUT2D eigenvalue weighted by molar-refractivity contribution is -0.121. The lowest BCUT2D eigenvalue weighted by atomic mass is 10.1. The van der Waals surface area contributed by atoms with Crippen LogP contribution in [0.25, 0.3) is 6.08 Å². The molecule has 0 saturated carbocycles. The molecule has 2 N–H and O–H groups in total. The third kappa shape index (κ3) is 2.62. The number of phenols is 1. The van der Waals surface area contributed by atoms with Crippen LogP contribution in [0.3, 0.4) is 0 Å². The number of hydrogen-bond donors (Lipinski definition) is 2. The molecule has 0 bridgehead atoms. The van der Waals surface area contributed by atoms with Gasteiger partial charge in [-0.05, 0) is 25.1 Å². The maximum Gasteiger partial charge on any atom is 0.328 e. The van der Waals surface area contributed by atoms with E-state index in [2.05, 4.69) is 21.2 Å². The van der Waals surface area contributed by atoms with Gasteiger partial charge in [-0.15, -0.1) is 0 Å². The van der Waals surface area contributed by atoms with Gasteiger partial charge in [0.25, 0.3) is 5.91 Å². The molecule has 1 aromatic carbocycles. The lowest BCUT2D eigenvalue weighted by Gasteiger charge is -2.09. The van der Waals surface area contributed by atoms with Crippen molar-refractivity contribution < 1.29 is 19.4 Å². The third-order valence-corrected chi connectivity index (χ3v) is 3.21. The lowest BCUT2D eigenvalue weighted by Crippen LogP contribution is -2.25. The molecule has 1 fully saturated rings. The van der Waals surface area contributed by atoms with Crippen molar-refractivity contribution in [1.82, 2.24) is 10.2 Å². The molecule has 7 heteroatoms. The van der Waals surface area contributed by atoms with Crippen LogP contribution in [0.5, 0.6) is 11.5 Å². The molecule has 106 valence electrons. The fourth-order valence-corrected chi connectivity index (χ4v) is 2.20. The molecule has 6 nitrogen and oxygen atoms in total. The van der Waals surface area contributed by atoms with Crippen molar-refractivity contribution in [2.75, 3.05) is 13.7 Å². The summed E-state index contributed by atoms with van der Waals surface area (Å²) in [5, 5.41) is 12.5. The Hall–Kier alpha value is -2.02. The number of carbonyl (C=O) groups excluding carboxylic acids is 2. The van der Waals surface area contributed by atoms with Crippen LogP contribution in [-0.4, -0.2) is 35.6 Å². The van der Waals surface area contributed by atoms with Crippen LogP contribution in [0.2, 0.25) is 0 Å². The zero-order chi connectivity index (χ0) is 14.9. The van der Waals surface area contributed by atoms with E-state index in [0.717, 1.165) is 4.90 Å². The molecule has 0 unspecified atom stereocenters. The molecule has 1 aromatic rings. The Kier molecular flexibility index (Phi) is 3.99. The first-order valence-corrected chi connectivity index (χ1v) is 6.69. The molecule has 1 heterocycles. The summed E-state index contributed by atoms with van der Waals surface area (Å²) >= 11 is 3.30. The summed E-state index contributed by atoms with van der Waals surface area (Å²) in [5.74, 6) is -0.231. The number of benzene rings is 1. The van der Waals surface area contributed by atoms with Crippen LogP contribution in [0, 0.1) is 0 Å². The predicted octanol–water partition coefficient (Wildman–Crippen LogP) is 2.08. The first-order valence-electron chi connectivity index (χ1n) is 5.90. The van der Waals surface area contributed by atoms with Gasteiger partial charge in [-0.3, -0.25) is 9.69 Å². The number of rotatable bonds is 3. The highest BCUT2D eigenvalue weighted by molar-refractivity contribution is 9.10. The number of imide groups is 1. The van der Waals surface area contributed by atoms with Gasteiger partial charge in [0.1, 0.15) is 5.70 Å². The van der Waals surface area contributed by atoms with E-state index in [9.17, 15) is 14.7 Å². The van der Waals surface area contributed by atoms with Crippen LogP contribution in [0.15, 0.2) is 22.3 Å². The van der Waals surface area contributed by atoms with E-state index in [-0.39, 0.29) is 11.4 Å². The van der Waals surface area contributed by atoms with E-state index >= 15 is 0 Å². The van der Waals surface area contributed by atoms with E-state index in [1.807, 2.05) is 0 Å². The first-order chi connectivity index (χ1) is 9.43. The first kappa shape index (κ1) is 14.4. The Morgan fingerprint density at radius 1 is 1.45 bits per heavy atom. The molecule has 2 rings (SSSR count). The molecule has 1 aliphatic heterocycles. The number of hydrogen-bond acceptors (Lipinski definition) is 4. The van der Waals surface area contributed by atoms with Crippen molar-refractivity contribution in [2.45, 2.75) is 6.92 Å². The van der Waals surface area contributed by atoms with Gasteiger partial charge in [-0.2, -0.15) is 0 Å². The SMILES string of the molecule is CCOc1cc(Br)cc(/C=C2/NC(=O)N(C)C2=O)c1O. The summed E-state index contributed by atoms with van der Waals surface area (Å²) in [5.41, 5.74) is 0.482. The smallest absolute Gasteiger partial charge is 0.328 e. The fraction of sp³-hybridized carbons (Fsp3) is 0.231. The van der Waals surface area contributed by atoms with Gasteiger partial charge in [0.05, 0.1) is 6.61 Å². The molecule has 0 atom stereocenters. The minimum atomic E-state index is -0.499. The van der Waals surface area contributed by atoms with E-state index in [4.69, 9.17) is 4.74 Å². The largest absolute Gasteiger partial charge is 0.504 e. The van der Waals surface area contributed by atoms with Crippen molar-refractivity contribution in [1.29, 1.82) is 0 Å². The summed E-state index contributed by atoms with van der Waals surface area (Å²) in [7, 11) is 1.38. The second-order valence-corrected chi connectivity index (χ2v) is 5.04. The number of carbonyl (C=O) groups is 2. The summed E-state index contributed by atoms with van der Waals surface area (Å²) in [6.07, 6.45) is 1.41. The second-order valence-electron chi connectivity index (χ2n) is 4.13. The minimum absolute atomic E-state index is 0.0841. The number of amides is 3. The van der Waals surface area contributed by atoms with Crippen molar-refractivity contribution in [3.63, 3.8) is 0 Å². The molecule has 0 radical (unpaired) electrons. The Balaban J connectivity index is 2.44. The molecular weight excluding hydrogens is 328 g/mol. The van der Waals surface area contributed by atoms with Crippen LogP contribution in [0.1, 0.15) is 12.5 Å². The van der Waals surface area contributed by atoms with E-state index in [1.165, 1.54) is 13.1 Å². The van der Waals surface area contributed by atoms with Gasteiger partial charge in [-0.25, -0.2) is 4.79 Å². The minimum Gasteiger partial charge on any atom is -0.504 e. The summed E-state index contributed by atoms with van der Waals surface area (Å²) in [4.78, 5) is 24.1. The molecular formula is C13H13BrN2O4. The van der Waals surface area contributed by atoms with Crippen LogP contribution >= 0.6 is 15.9 Å². The Labute approximate surface area is 124 Å². The zero-order valence-corrected chi connectivity index (χ0v) is 12.5. The van der Waals surface area contributed by atoms with Crippen molar-refractivity contribution in [3.05, 3.63) is 27.9 Å². The molecule has 0 aromatic heterocycles. The Morgan fingerprint density at radius 3 is 2.70 bits per heavy atom. The molecule has 1 saturated heterocycles. The van der Waals surface area contributed by atoms with Crippen molar-refractivity contribution in [3.8, 4) is 11.5 Å². The number of halogens is 1. The highest BCUT2D eigenvalue weighted by Gasteiger charge is 2.30. The topological polar surface area (TPSA) is 78.9 Å². The number of nitrogens with zero attached hydrogens (tertiary/aromatic N) is 1. The number of nitrogens with one attached hydrogen (secondary N) is 1. The van der Waals surface area contributed by atoms with E-state index in [0.29, 0.717) is 22.4 Å². The van der Waals surface area contributed by atoms with Crippen LogP contribution < -0.4 is 10.1 Å². The standard InChI is InChI=1S/C13H13BrN2O4/c1-3-20-10-6-8(14)4-7(11(10)17)5-9-12(18)16(2)13(19)15-9/h4-6,17H,3H2,1-2H3,(H,15,19)/b9-5+. The zero-order valence-electron chi connectivity index (χ0n) is 10.9. The highest BCUT2D eigenvalue weighted by atomic mass is 79.9. The van der Waals surface area contributed by atoms with Crippen LogP contribution in [0.4, 0.5) is 4.79 Å². The van der Waals surface area contributed by atoms with E-state index < -0.39 is 11.9 Å². The molecule has 0 spiro atoms. The number of aromatic hydroxyl groups is 1. The van der Waals surface area contributed by atoms with Crippen molar-refractivity contribution in [2.24, 2.45) is 0 Å². The maximum atomic E-state index is 11.8. The Bertz CT molecular complexity index is 613. The molecule has 1 aliphatic rings. The fourth-order valence-electron chi connectivity index (χ4n) is 1.75. The molecule has 3 amide bonds. The van der Waals surface area contributed by atoms with Gasteiger partial charge in [0.2, 0.25) is 0 Å². The predicted molar refractivity (Wildman–Crippen MR) is 76.3 cm³/mol. The number of ether oxygens (including phenoxy) is 1. The summed E-state index contributed by atoms with van der Waals surface area (Å²) in [6.45, 7) is 2.20. The van der Waals surface area contributed by atoms with Crippen molar-refractivity contribution >= 4 is 33.9 Å². The van der Waals surface area contributed by atoms with Gasteiger partial charge >= 0.3 is 6.03 Å². The van der Waals surface area contributed by atoms with Gasteiger partial charge < -0.3 is 15.2 Å². The van der Waals surface area contributed by atoms with Gasteiger partial charge in [0.15, 0.2) is 11.5 Å². The van der Waals surface area contributed by atoms with E-state index in [1.54, 1.807) is 19.1 Å². The Morgan fingerprint density at radius 2 is 2.15 bits per heavy atom. The average molecular weight is 341 g/mol. The second kappa shape index (κ2) is 5.54. The highest BCUT2D eigenvalue weighted by Crippen LogP contribution is 2.35. The maximum absolute atomic E-state index is 11.8.